The van der Waals surface area contributed by atoms with Crippen molar-refractivity contribution in [1.82, 2.24) is 0 Å². The number of hydrogen-bond donors (Lipinski definition) is 0. The Bertz CT molecular complexity index is 135. The van der Waals surface area contributed by atoms with Crippen LogP contribution in [0, 0.1) is 6.92 Å². The van der Waals surface area contributed by atoms with Crippen LogP contribution in [0.4, 0.5) is 0 Å². The average molecular weight is 119 g/mol. The fourth-order valence-corrected chi connectivity index (χ4v) is 0.539. The first-order valence-corrected chi connectivity index (χ1v) is 3.12. The smallest absolute Gasteiger partial charge is 0.185 e. The standard InChI is InChI=1S/C4H7O2S/c1-2-3-4-7(5)6/h4H,1-3H2. The van der Waals surface area contributed by atoms with Crippen LogP contribution >= 0.6 is 0 Å². The molecule has 41 valence electrons. The van der Waals surface area contributed by atoms with E-state index in [1.54, 1.807) is 0 Å². The highest BCUT2D eigenvalue weighted by Crippen LogP contribution is 1.75. The monoisotopic (exact) mass is 119 g/mol. The van der Waals surface area contributed by atoms with E-state index in [4.69, 9.17) is 0 Å². The van der Waals surface area contributed by atoms with E-state index in [1.807, 2.05) is 0 Å². The van der Waals surface area contributed by atoms with Crippen molar-refractivity contribution < 1.29 is 8.42 Å². The van der Waals surface area contributed by atoms with Crippen LogP contribution in [-0.4, -0.2) is 13.8 Å². The highest BCUT2D eigenvalue weighted by Gasteiger charge is 1.70. The molecular formula is C4H7O2S. The first kappa shape index (κ1) is 6.69. The summed E-state index contributed by atoms with van der Waals surface area (Å²) in [6.45, 7) is 3.45. The van der Waals surface area contributed by atoms with Gasteiger partial charge in [-0.05, 0) is 12.8 Å². The highest BCUT2D eigenvalue weighted by atomic mass is 32.2. The Hall–Kier alpha value is -0.310. The van der Waals surface area contributed by atoms with Gasteiger partial charge in [-0.2, -0.15) is 8.42 Å². The summed E-state index contributed by atoms with van der Waals surface area (Å²) in [4.78, 5) is 0. The van der Waals surface area contributed by atoms with Crippen molar-refractivity contribution in [2.45, 2.75) is 12.8 Å². The third-order valence-electron chi connectivity index (χ3n) is 0.458. The summed E-state index contributed by atoms with van der Waals surface area (Å²) in [6, 6.07) is 0. The topological polar surface area (TPSA) is 34.1 Å². The second-order valence-electron chi connectivity index (χ2n) is 1.07. The summed E-state index contributed by atoms with van der Waals surface area (Å²) in [5.74, 6) is 0. The van der Waals surface area contributed by atoms with Crippen LogP contribution in [-0.2, 0) is 10.3 Å². The Balaban J connectivity index is 3.49. The molecule has 0 saturated carbocycles. The molecule has 0 aliphatic heterocycles. The molecule has 0 aromatic heterocycles. The van der Waals surface area contributed by atoms with Gasteiger partial charge in [-0.3, -0.25) is 0 Å². The van der Waals surface area contributed by atoms with Crippen molar-refractivity contribution in [2.75, 3.05) is 0 Å². The number of unbranched alkanes of at least 4 members (excludes halogenated alkanes) is 1. The minimum absolute atomic E-state index is 0.552. The van der Waals surface area contributed by atoms with Gasteiger partial charge in [0.25, 0.3) is 0 Å². The van der Waals surface area contributed by atoms with E-state index in [-0.39, 0.29) is 0 Å². The van der Waals surface area contributed by atoms with Gasteiger partial charge < -0.3 is 0 Å². The third-order valence-corrected chi connectivity index (χ3v) is 0.966. The van der Waals surface area contributed by atoms with E-state index in [0.29, 0.717) is 12.8 Å². The van der Waals surface area contributed by atoms with Gasteiger partial charge in [-0.1, -0.05) is 6.92 Å². The second-order valence-corrected chi connectivity index (χ2v) is 1.92. The molecule has 0 aromatic carbocycles. The molecule has 0 aliphatic carbocycles. The van der Waals surface area contributed by atoms with Gasteiger partial charge in [-0.25, -0.2) is 0 Å². The van der Waals surface area contributed by atoms with Crippen LogP contribution < -0.4 is 0 Å². The molecule has 2 nitrogen and oxygen atoms in total. The fourth-order valence-electron chi connectivity index (χ4n) is 0.180. The van der Waals surface area contributed by atoms with Crippen LogP contribution in [0.25, 0.3) is 0 Å². The lowest BCUT2D eigenvalue weighted by Crippen LogP contribution is -1.71. The molecule has 0 atom stereocenters. The third kappa shape index (κ3) is 5.69. The highest BCUT2D eigenvalue weighted by molar-refractivity contribution is 7.71. The van der Waals surface area contributed by atoms with Gasteiger partial charge in [-0.15, -0.1) is 0 Å². The normalized spacial score (nSPS) is 8.14. The molecule has 0 aliphatic rings. The first-order chi connectivity index (χ1) is 3.27. The Kier molecular flexibility index (Phi) is 3.69. The SMILES string of the molecule is [CH2]CCC=S(=O)=O. The van der Waals surface area contributed by atoms with Gasteiger partial charge in [0.05, 0.1) is 0 Å². The fraction of sp³-hybridized carbons (Fsp3) is 0.500. The lowest BCUT2D eigenvalue weighted by atomic mass is 10.4. The van der Waals surface area contributed by atoms with E-state index in [2.05, 4.69) is 6.92 Å². The quantitative estimate of drug-likeness (QED) is 0.489. The van der Waals surface area contributed by atoms with Crippen LogP contribution in [0.3, 0.4) is 0 Å². The maximum absolute atomic E-state index is 9.67. The predicted octanol–water partition coefficient (Wildman–Crippen LogP) is 0.282. The van der Waals surface area contributed by atoms with E-state index in [9.17, 15) is 8.42 Å². The van der Waals surface area contributed by atoms with Crippen molar-refractivity contribution in [3.63, 3.8) is 0 Å². The Labute approximate surface area is 44.7 Å². The largest absolute Gasteiger partial charge is 0.209 e. The second kappa shape index (κ2) is 3.87. The molecule has 3 heteroatoms. The molecule has 0 amide bonds. The van der Waals surface area contributed by atoms with E-state index < -0.39 is 10.3 Å². The van der Waals surface area contributed by atoms with Crippen LogP contribution in [0.5, 0.6) is 0 Å². The summed E-state index contributed by atoms with van der Waals surface area (Å²) >= 11 is 0. The van der Waals surface area contributed by atoms with Crippen molar-refractivity contribution in [2.24, 2.45) is 0 Å². The van der Waals surface area contributed by atoms with Gasteiger partial charge in [0.15, 0.2) is 0 Å². The Morgan fingerprint density at radius 3 is 2.29 bits per heavy atom. The molecule has 1 radical (unpaired) electrons. The van der Waals surface area contributed by atoms with E-state index in [0.717, 1.165) is 0 Å². The molecule has 7 heavy (non-hydrogen) atoms. The van der Waals surface area contributed by atoms with Gasteiger partial charge >= 0.3 is 0 Å². The van der Waals surface area contributed by atoms with Crippen LogP contribution in [0.15, 0.2) is 0 Å². The zero-order valence-electron chi connectivity index (χ0n) is 3.92. The Morgan fingerprint density at radius 1 is 1.57 bits per heavy atom. The maximum Gasteiger partial charge on any atom is 0.209 e. The molecule has 0 aromatic rings. The molecule has 0 bridgehead atoms. The summed E-state index contributed by atoms with van der Waals surface area (Å²) in [6.07, 6.45) is 1.20. The summed E-state index contributed by atoms with van der Waals surface area (Å²) < 4.78 is 19.3. The minimum Gasteiger partial charge on any atom is -0.185 e. The lowest BCUT2D eigenvalue weighted by Gasteiger charge is -1.71. The maximum atomic E-state index is 9.67. The van der Waals surface area contributed by atoms with Crippen molar-refractivity contribution in [3.05, 3.63) is 6.92 Å². The molecule has 0 rings (SSSR count). The summed E-state index contributed by atoms with van der Waals surface area (Å²) in [5.41, 5.74) is 0. The van der Waals surface area contributed by atoms with Gasteiger partial charge in [0, 0.05) is 5.37 Å². The van der Waals surface area contributed by atoms with Gasteiger partial charge in [0.1, 0.15) is 0 Å². The molecule has 0 spiro atoms. The van der Waals surface area contributed by atoms with Crippen LogP contribution in [0.2, 0.25) is 0 Å². The number of hydrogen-bond acceptors (Lipinski definition) is 2. The van der Waals surface area contributed by atoms with Crippen molar-refractivity contribution in [3.8, 4) is 0 Å². The molecular weight excluding hydrogens is 112 g/mol. The molecule has 0 heterocycles. The van der Waals surface area contributed by atoms with Crippen molar-refractivity contribution in [1.29, 1.82) is 0 Å². The zero-order chi connectivity index (χ0) is 5.70. The zero-order valence-corrected chi connectivity index (χ0v) is 4.74. The Morgan fingerprint density at radius 2 is 2.14 bits per heavy atom. The first-order valence-electron chi connectivity index (χ1n) is 1.98. The minimum atomic E-state index is -1.98. The van der Waals surface area contributed by atoms with Crippen LogP contribution in [0.1, 0.15) is 12.8 Å². The van der Waals surface area contributed by atoms with E-state index >= 15 is 0 Å². The average Bonchev–Trinajstić information content (AvgIpc) is 1.61. The molecule has 0 N–H and O–H groups in total. The summed E-state index contributed by atoms with van der Waals surface area (Å²) in [7, 11) is -1.98. The van der Waals surface area contributed by atoms with Gasteiger partial charge in [0.2, 0.25) is 10.3 Å². The molecule has 0 fully saturated rings. The number of rotatable bonds is 2. The van der Waals surface area contributed by atoms with Crippen molar-refractivity contribution >= 4 is 15.7 Å². The lowest BCUT2D eigenvalue weighted by molar-refractivity contribution is 0.627. The molecule has 0 saturated heterocycles. The molecule has 0 unspecified atom stereocenters. The van der Waals surface area contributed by atoms with E-state index in [1.165, 1.54) is 5.37 Å². The summed E-state index contributed by atoms with van der Waals surface area (Å²) in [5, 5.41) is 1.20. The predicted molar refractivity (Wildman–Crippen MR) is 29.6 cm³/mol.